The predicted octanol–water partition coefficient (Wildman–Crippen LogP) is 2.57. The summed E-state index contributed by atoms with van der Waals surface area (Å²) in [5.41, 5.74) is 1.74. The van der Waals surface area contributed by atoms with E-state index in [1.165, 1.54) is 6.42 Å². The van der Waals surface area contributed by atoms with E-state index in [0.717, 1.165) is 56.7 Å². The van der Waals surface area contributed by atoms with Gasteiger partial charge in [-0.3, -0.25) is 14.5 Å². The van der Waals surface area contributed by atoms with Crippen molar-refractivity contribution in [2.45, 2.75) is 45.1 Å². The molecule has 0 bridgehead atoms. The molecule has 0 saturated carbocycles. The van der Waals surface area contributed by atoms with Crippen molar-refractivity contribution in [3.05, 3.63) is 48.3 Å². The number of anilines is 2. The summed E-state index contributed by atoms with van der Waals surface area (Å²) in [6, 6.07) is 9.44. The lowest BCUT2D eigenvalue weighted by Gasteiger charge is -2.34. The number of aromatic nitrogens is 2. The topological polar surface area (TPSA) is 81.7 Å². The number of nitrogens with one attached hydrogen (secondary N) is 1. The highest BCUT2D eigenvalue weighted by atomic mass is 16.2. The van der Waals surface area contributed by atoms with Gasteiger partial charge in [-0.15, -0.1) is 0 Å². The summed E-state index contributed by atoms with van der Waals surface area (Å²) in [4.78, 5) is 40.5. The standard InChI is InChI=1S/C25H34N6O2/c1-2-13-29-14-4-3-6-22(29)24(33)28-21-9-7-20(8-10-21)19-23(32)30-15-17-31(18-16-30)25-26-11-5-12-27-25/h5,7-12,22H,2-4,6,13-19H2,1H3,(H,28,33). The molecule has 8 nitrogen and oxygen atoms in total. The molecule has 2 aliphatic rings. The van der Waals surface area contributed by atoms with E-state index in [2.05, 4.69) is 32.0 Å². The van der Waals surface area contributed by atoms with Crippen LogP contribution in [-0.4, -0.2) is 76.9 Å². The van der Waals surface area contributed by atoms with Crippen molar-refractivity contribution in [1.29, 1.82) is 0 Å². The first-order valence-corrected chi connectivity index (χ1v) is 12.1. The molecule has 2 amide bonds. The van der Waals surface area contributed by atoms with Crippen LogP contribution < -0.4 is 10.2 Å². The molecule has 3 heterocycles. The normalized spacial score (nSPS) is 19.4. The first-order valence-electron chi connectivity index (χ1n) is 12.1. The number of piperazine rings is 1. The third kappa shape index (κ3) is 6.07. The zero-order valence-electron chi connectivity index (χ0n) is 19.4. The van der Waals surface area contributed by atoms with E-state index in [1.807, 2.05) is 29.2 Å². The zero-order valence-corrected chi connectivity index (χ0v) is 19.4. The van der Waals surface area contributed by atoms with Crippen molar-refractivity contribution in [3.8, 4) is 0 Å². The Morgan fingerprint density at radius 2 is 1.73 bits per heavy atom. The molecule has 1 aromatic carbocycles. The van der Waals surface area contributed by atoms with E-state index < -0.39 is 0 Å². The number of amides is 2. The molecule has 33 heavy (non-hydrogen) atoms. The van der Waals surface area contributed by atoms with Crippen molar-refractivity contribution >= 4 is 23.5 Å². The summed E-state index contributed by atoms with van der Waals surface area (Å²) in [6.45, 7) is 6.92. The van der Waals surface area contributed by atoms with Gasteiger partial charge < -0.3 is 15.1 Å². The van der Waals surface area contributed by atoms with Crippen LogP contribution in [0.3, 0.4) is 0 Å². The van der Waals surface area contributed by atoms with Crippen LogP contribution in [0.15, 0.2) is 42.7 Å². The molecule has 8 heteroatoms. The first-order chi connectivity index (χ1) is 16.1. The van der Waals surface area contributed by atoms with Crippen LogP contribution in [0.1, 0.15) is 38.2 Å². The first kappa shape index (κ1) is 23.2. The van der Waals surface area contributed by atoms with Crippen molar-refractivity contribution < 1.29 is 9.59 Å². The Morgan fingerprint density at radius 3 is 2.42 bits per heavy atom. The number of rotatable bonds is 7. The van der Waals surface area contributed by atoms with Gasteiger partial charge in [0.05, 0.1) is 12.5 Å². The van der Waals surface area contributed by atoms with Crippen LogP contribution in [0.5, 0.6) is 0 Å². The number of benzene rings is 1. The van der Waals surface area contributed by atoms with Gasteiger partial charge in [0.15, 0.2) is 0 Å². The smallest absolute Gasteiger partial charge is 0.241 e. The Balaban J connectivity index is 1.26. The number of nitrogens with zero attached hydrogens (tertiary/aromatic N) is 5. The number of hydrogen-bond donors (Lipinski definition) is 1. The molecule has 1 atom stereocenters. The molecule has 2 aromatic rings. The molecular formula is C25H34N6O2. The second-order valence-corrected chi connectivity index (χ2v) is 8.83. The van der Waals surface area contributed by atoms with Gasteiger partial charge >= 0.3 is 0 Å². The van der Waals surface area contributed by atoms with Gasteiger partial charge in [0.1, 0.15) is 0 Å². The minimum atomic E-state index is -0.0418. The van der Waals surface area contributed by atoms with Gasteiger partial charge in [-0.2, -0.15) is 0 Å². The van der Waals surface area contributed by atoms with Crippen molar-refractivity contribution in [2.75, 3.05) is 49.5 Å². The van der Waals surface area contributed by atoms with Crippen LogP contribution in [0.25, 0.3) is 0 Å². The molecule has 2 aliphatic heterocycles. The Hall–Kier alpha value is -3.00. The van der Waals surface area contributed by atoms with Crippen LogP contribution in [0.4, 0.5) is 11.6 Å². The lowest BCUT2D eigenvalue weighted by Crippen LogP contribution is -2.49. The zero-order chi connectivity index (χ0) is 23.0. The van der Waals surface area contributed by atoms with E-state index in [4.69, 9.17) is 0 Å². The van der Waals surface area contributed by atoms with Gasteiger partial charge in [-0.1, -0.05) is 25.5 Å². The Bertz CT molecular complexity index is 910. The van der Waals surface area contributed by atoms with Crippen LogP contribution >= 0.6 is 0 Å². The van der Waals surface area contributed by atoms with Gasteiger partial charge in [-0.05, 0) is 56.1 Å². The minimum Gasteiger partial charge on any atom is -0.339 e. The quantitative estimate of drug-likeness (QED) is 0.698. The fourth-order valence-electron chi connectivity index (χ4n) is 4.67. The van der Waals surface area contributed by atoms with Crippen molar-refractivity contribution in [2.24, 2.45) is 0 Å². The van der Waals surface area contributed by atoms with Gasteiger partial charge in [-0.25, -0.2) is 9.97 Å². The van der Waals surface area contributed by atoms with Crippen molar-refractivity contribution in [1.82, 2.24) is 19.8 Å². The summed E-state index contributed by atoms with van der Waals surface area (Å²) in [7, 11) is 0. The average Bonchev–Trinajstić information content (AvgIpc) is 2.86. The van der Waals surface area contributed by atoms with Gasteiger partial charge in [0.2, 0.25) is 17.8 Å². The van der Waals surface area contributed by atoms with Crippen LogP contribution in [0.2, 0.25) is 0 Å². The monoisotopic (exact) mass is 450 g/mol. The van der Waals surface area contributed by atoms with Gasteiger partial charge in [0.25, 0.3) is 0 Å². The number of piperidine rings is 1. The number of hydrogen-bond acceptors (Lipinski definition) is 6. The lowest BCUT2D eigenvalue weighted by atomic mass is 10.0. The summed E-state index contributed by atoms with van der Waals surface area (Å²) >= 11 is 0. The minimum absolute atomic E-state index is 0.0418. The average molecular weight is 451 g/mol. The predicted molar refractivity (Wildman–Crippen MR) is 129 cm³/mol. The highest BCUT2D eigenvalue weighted by molar-refractivity contribution is 5.95. The maximum Gasteiger partial charge on any atom is 0.241 e. The number of carbonyl (C=O) groups is 2. The molecule has 2 saturated heterocycles. The maximum atomic E-state index is 12.8. The molecule has 0 radical (unpaired) electrons. The molecule has 1 N–H and O–H groups in total. The molecule has 2 fully saturated rings. The van der Waals surface area contributed by atoms with Crippen LogP contribution in [0, 0.1) is 0 Å². The summed E-state index contributed by atoms with van der Waals surface area (Å²) in [5, 5.41) is 3.07. The van der Waals surface area contributed by atoms with Crippen LogP contribution in [-0.2, 0) is 16.0 Å². The SMILES string of the molecule is CCCN1CCCCC1C(=O)Nc1ccc(CC(=O)N2CCN(c3ncccn3)CC2)cc1. The highest BCUT2D eigenvalue weighted by Gasteiger charge is 2.28. The Kier molecular flexibility index (Phi) is 7.88. The van der Waals surface area contributed by atoms with Crippen molar-refractivity contribution in [3.63, 3.8) is 0 Å². The highest BCUT2D eigenvalue weighted by Crippen LogP contribution is 2.20. The third-order valence-corrected chi connectivity index (χ3v) is 6.47. The molecule has 0 spiro atoms. The lowest BCUT2D eigenvalue weighted by molar-refractivity contribution is -0.130. The van der Waals surface area contributed by atoms with E-state index in [1.54, 1.807) is 18.5 Å². The molecule has 1 unspecified atom stereocenters. The third-order valence-electron chi connectivity index (χ3n) is 6.47. The van der Waals surface area contributed by atoms with E-state index in [-0.39, 0.29) is 17.9 Å². The Morgan fingerprint density at radius 1 is 1.00 bits per heavy atom. The second-order valence-electron chi connectivity index (χ2n) is 8.83. The second kappa shape index (κ2) is 11.2. The maximum absolute atomic E-state index is 12.8. The largest absolute Gasteiger partial charge is 0.339 e. The Labute approximate surface area is 196 Å². The number of carbonyl (C=O) groups excluding carboxylic acids is 2. The van der Waals surface area contributed by atoms with E-state index >= 15 is 0 Å². The fourth-order valence-corrected chi connectivity index (χ4v) is 4.67. The number of likely N-dealkylation sites (tertiary alicyclic amines) is 1. The molecular weight excluding hydrogens is 416 g/mol. The van der Waals surface area contributed by atoms with E-state index in [0.29, 0.717) is 25.5 Å². The molecule has 176 valence electrons. The molecule has 1 aromatic heterocycles. The summed E-state index contributed by atoms with van der Waals surface area (Å²) in [6.07, 6.45) is 8.09. The van der Waals surface area contributed by atoms with E-state index in [9.17, 15) is 9.59 Å². The summed E-state index contributed by atoms with van der Waals surface area (Å²) < 4.78 is 0. The van der Waals surface area contributed by atoms with Gasteiger partial charge in [0, 0.05) is 44.3 Å². The molecule has 0 aliphatic carbocycles. The fraction of sp³-hybridized carbons (Fsp3) is 0.520. The molecule has 4 rings (SSSR count). The summed E-state index contributed by atoms with van der Waals surface area (Å²) in [5.74, 6) is 0.915.